The van der Waals surface area contributed by atoms with Crippen LogP contribution in [0.4, 0.5) is 0 Å². The van der Waals surface area contributed by atoms with Crippen molar-refractivity contribution in [1.82, 2.24) is 14.8 Å². The van der Waals surface area contributed by atoms with Crippen LogP contribution >= 0.6 is 0 Å². The second-order valence-corrected chi connectivity index (χ2v) is 9.52. The highest BCUT2D eigenvalue weighted by Crippen LogP contribution is 2.59. The van der Waals surface area contributed by atoms with E-state index in [1.54, 1.807) is 6.92 Å². The summed E-state index contributed by atoms with van der Waals surface area (Å²) in [6.45, 7) is 2.32. The lowest BCUT2D eigenvalue weighted by atomic mass is 9.91. The third-order valence-corrected chi connectivity index (χ3v) is 7.22. The quantitative estimate of drug-likeness (QED) is 0.671. The number of nitrogens with zero attached hydrogens (tertiary/aromatic N) is 2. The topological polar surface area (TPSA) is 136 Å². The van der Waals surface area contributed by atoms with Crippen molar-refractivity contribution in [3.63, 3.8) is 0 Å². The minimum absolute atomic E-state index is 0.0729. The minimum Gasteiger partial charge on any atom is -0.361 e. The van der Waals surface area contributed by atoms with Gasteiger partial charge in [-0.2, -0.15) is 12.7 Å². The summed E-state index contributed by atoms with van der Waals surface area (Å²) < 4.78 is 29.2. The molecule has 4 rings (SSSR count). The van der Waals surface area contributed by atoms with E-state index in [2.05, 4.69) is 10.5 Å². The van der Waals surface area contributed by atoms with Gasteiger partial charge in [0, 0.05) is 24.9 Å². The average Bonchev–Trinajstić information content (AvgIpc) is 3.52. The molecule has 1 aliphatic heterocycles. The van der Waals surface area contributed by atoms with Gasteiger partial charge in [0.25, 0.3) is 10.2 Å². The molecule has 1 saturated heterocycles. The van der Waals surface area contributed by atoms with E-state index in [0.717, 1.165) is 19.3 Å². The molecule has 2 heterocycles. The van der Waals surface area contributed by atoms with Crippen LogP contribution in [0.15, 0.2) is 4.52 Å². The lowest BCUT2D eigenvalue weighted by Gasteiger charge is -2.30. The van der Waals surface area contributed by atoms with Gasteiger partial charge in [0.15, 0.2) is 5.78 Å². The molecule has 3 fully saturated rings. The molecule has 1 aromatic rings. The molecule has 1 atom stereocenters. The van der Waals surface area contributed by atoms with Gasteiger partial charge in [-0.05, 0) is 44.4 Å². The standard InChI is InChI=1S/C17H24N4O5S/c1-10-14(15(20-26-10)11-2-3-11)13(22)9-19-16(23)12-8-17(12)4-6-21(7-5-17)27(18,24)25/h11-12H,2-9H2,1H3,(H,19,23)(H2,18,24,25)/t12-/m0/s1. The SMILES string of the molecule is Cc1onc(C2CC2)c1C(=O)CNC(=O)[C@@H]1CC12CCN(S(N)(=O)=O)CC2. The zero-order chi connectivity index (χ0) is 19.4. The van der Waals surface area contributed by atoms with Gasteiger partial charge < -0.3 is 9.84 Å². The first kappa shape index (κ1) is 18.6. The molecular formula is C17H24N4O5S. The lowest BCUT2D eigenvalue weighted by Crippen LogP contribution is -2.43. The Morgan fingerprint density at radius 1 is 1.33 bits per heavy atom. The highest BCUT2D eigenvalue weighted by atomic mass is 32.2. The number of rotatable bonds is 6. The van der Waals surface area contributed by atoms with Crippen LogP contribution in [0.5, 0.6) is 0 Å². The summed E-state index contributed by atoms with van der Waals surface area (Å²) in [6.07, 6.45) is 3.99. The van der Waals surface area contributed by atoms with Gasteiger partial charge in [-0.25, -0.2) is 5.14 Å². The first-order valence-electron chi connectivity index (χ1n) is 9.26. The molecule has 0 bridgehead atoms. The number of hydrogen-bond acceptors (Lipinski definition) is 6. The number of hydrogen-bond donors (Lipinski definition) is 2. The van der Waals surface area contributed by atoms with Gasteiger partial charge in [-0.15, -0.1) is 0 Å². The summed E-state index contributed by atoms with van der Waals surface area (Å²) in [6, 6.07) is 0. The van der Waals surface area contributed by atoms with Gasteiger partial charge in [-0.1, -0.05) is 5.16 Å². The fraction of sp³-hybridized carbons (Fsp3) is 0.706. The molecule has 3 N–H and O–H groups in total. The monoisotopic (exact) mass is 396 g/mol. The Hall–Kier alpha value is -1.78. The highest BCUT2D eigenvalue weighted by Gasteiger charge is 2.59. The first-order chi connectivity index (χ1) is 12.7. The molecule has 9 nitrogen and oxygen atoms in total. The fourth-order valence-electron chi connectivity index (χ4n) is 4.20. The number of carbonyl (C=O) groups excluding carboxylic acids is 2. The summed E-state index contributed by atoms with van der Waals surface area (Å²) in [5.41, 5.74) is 1.07. The number of amides is 1. The summed E-state index contributed by atoms with van der Waals surface area (Å²) >= 11 is 0. The Morgan fingerprint density at radius 3 is 2.59 bits per heavy atom. The van der Waals surface area contributed by atoms with E-state index in [9.17, 15) is 18.0 Å². The van der Waals surface area contributed by atoms with E-state index in [-0.39, 0.29) is 29.6 Å². The predicted octanol–water partition coefficient (Wildman–Crippen LogP) is 0.465. The first-order valence-corrected chi connectivity index (χ1v) is 10.8. The molecule has 0 radical (unpaired) electrons. The number of carbonyl (C=O) groups is 2. The molecule has 148 valence electrons. The Kier molecular flexibility index (Phi) is 4.39. The van der Waals surface area contributed by atoms with Crippen molar-refractivity contribution in [2.24, 2.45) is 16.5 Å². The third kappa shape index (κ3) is 3.53. The molecule has 27 heavy (non-hydrogen) atoms. The van der Waals surface area contributed by atoms with Crippen molar-refractivity contribution in [3.05, 3.63) is 17.0 Å². The van der Waals surface area contributed by atoms with Gasteiger partial charge >= 0.3 is 0 Å². The lowest BCUT2D eigenvalue weighted by molar-refractivity contribution is -0.123. The van der Waals surface area contributed by atoms with Crippen LogP contribution in [-0.4, -0.2) is 49.2 Å². The van der Waals surface area contributed by atoms with Crippen molar-refractivity contribution in [1.29, 1.82) is 0 Å². The van der Waals surface area contributed by atoms with Crippen LogP contribution in [0.3, 0.4) is 0 Å². The van der Waals surface area contributed by atoms with Crippen LogP contribution in [0.2, 0.25) is 0 Å². The molecule has 1 spiro atoms. The van der Waals surface area contributed by atoms with Crippen molar-refractivity contribution in [2.45, 2.75) is 44.9 Å². The number of Topliss-reactive ketones (excluding diaryl/α,β-unsaturated/α-hetero) is 1. The summed E-state index contributed by atoms with van der Waals surface area (Å²) in [7, 11) is -3.67. The molecular weight excluding hydrogens is 372 g/mol. The van der Waals surface area contributed by atoms with E-state index in [1.165, 1.54) is 4.31 Å². The maximum Gasteiger partial charge on any atom is 0.276 e. The van der Waals surface area contributed by atoms with Crippen molar-refractivity contribution in [3.8, 4) is 0 Å². The van der Waals surface area contributed by atoms with Gasteiger partial charge in [0.1, 0.15) is 5.76 Å². The minimum atomic E-state index is -3.67. The number of ketones is 1. The van der Waals surface area contributed by atoms with Crippen molar-refractivity contribution < 1.29 is 22.5 Å². The van der Waals surface area contributed by atoms with Gasteiger partial charge in [0.05, 0.1) is 17.8 Å². The molecule has 0 aromatic carbocycles. The summed E-state index contributed by atoms with van der Waals surface area (Å²) in [4.78, 5) is 25.0. The average molecular weight is 396 g/mol. The summed E-state index contributed by atoms with van der Waals surface area (Å²) in [5, 5.41) is 11.9. The number of nitrogens with two attached hydrogens (primary N) is 1. The Bertz CT molecular complexity index is 881. The smallest absolute Gasteiger partial charge is 0.276 e. The maximum absolute atomic E-state index is 12.5. The Balaban J connectivity index is 1.31. The van der Waals surface area contributed by atoms with Crippen LogP contribution < -0.4 is 10.5 Å². The zero-order valence-electron chi connectivity index (χ0n) is 15.2. The fourth-order valence-corrected chi connectivity index (χ4v) is 4.89. The van der Waals surface area contributed by atoms with Crippen molar-refractivity contribution in [2.75, 3.05) is 19.6 Å². The van der Waals surface area contributed by atoms with E-state index >= 15 is 0 Å². The molecule has 2 aliphatic carbocycles. The van der Waals surface area contributed by atoms with E-state index in [0.29, 0.717) is 48.9 Å². The number of piperidine rings is 1. The second-order valence-electron chi connectivity index (χ2n) is 7.98. The van der Waals surface area contributed by atoms with Crippen LogP contribution in [0.1, 0.15) is 59.8 Å². The zero-order valence-corrected chi connectivity index (χ0v) is 16.0. The van der Waals surface area contributed by atoms with Gasteiger partial charge in [0.2, 0.25) is 5.91 Å². The van der Waals surface area contributed by atoms with Crippen LogP contribution in [0.25, 0.3) is 0 Å². The largest absolute Gasteiger partial charge is 0.361 e. The molecule has 2 saturated carbocycles. The van der Waals surface area contributed by atoms with Crippen molar-refractivity contribution >= 4 is 21.9 Å². The van der Waals surface area contributed by atoms with E-state index < -0.39 is 10.2 Å². The molecule has 10 heteroatoms. The molecule has 1 aromatic heterocycles. The Morgan fingerprint density at radius 2 is 2.00 bits per heavy atom. The normalized spacial score (nSPS) is 24.7. The number of aromatic nitrogens is 1. The third-order valence-electron chi connectivity index (χ3n) is 6.14. The van der Waals surface area contributed by atoms with E-state index in [1.807, 2.05) is 0 Å². The predicted molar refractivity (Wildman–Crippen MR) is 95.0 cm³/mol. The van der Waals surface area contributed by atoms with Gasteiger partial charge in [-0.3, -0.25) is 9.59 Å². The number of aryl methyl sites for hydroxylation is 1. The van der Waals surface area contributed by atoms with Crippen LogP contribution in [-0.2, 0) is 15.0 Å². The molecule has 1 amide bonds. The van der Waals surface area contributed by atoms with Crippen LogP contribution in [0, 0.1) is 18.3 Å². The number of nitrogens with one attached hydrogen (secondary N) is 1. The summed E-state index contributed by atoms with van der Waals surface area (Å²) in [5.74, 6) is 0.304. The highest BCUT2D eigenvalue weighted by molar-refractivity contribution is 7.86. The second kappa shape index (κ2) is 6.39. The molecule has 3 aliphatic rings. The molecule has 0 unspecified atom stereocenters. The maximum atomic E-state index is 12.5. The Labute approximate surface area is 157 Å². The van der Waals surface area contributed by atoms with E-state index in [4.69, 9.17) is 9.66 Å².